The van der Waals surface area contributed by atoms with Gasteiger partial charge in [-0.1, -0.05) is 30.3 Å². The number of nitrogens with zero attached hydrogens (tertiary/aromatic N) is 1. The van der Waals surface area contributed by atoms with E-state index in [1.807, 2.05) is 33.0 Å². The molecule has 0 fully saturated rings. The highest BCUT2D eigenvalue weighted by Gasteiger charge is 2.14. The lowest BCUT2D eigenvalue weighted by Gasteiger charge is -2.23. The second-order valence-electron chi connectivity index (χ2n) is 7.07. The van der Waals surface area contributed by atoms with Gasteiger partial charge in [-0.25, -0.2) is 0 Å². The van der Waals surface area contributed by atoms with Crippen LogP contribution in [0.2, 0.25) is 0 Å². The SMILES string of the molecule is CC(NCC(O)COC(C)(C)C)c1ccc(-c2cccnc2)cc1. The Kier molecular flexibility index (Phi) is 6.49. The number of hydrogen-bond acceptors (Lipinski definition) is 4. The highest BCUT2D eigenvalue weighted by atomic mass is 16.5. The highest BCUT2D eigenvalue weighted by molar-refractivity contribution is 5.62. The van der Waals surface area contributed by atoms with Crippen molar-refractivity contribution in [1.82, 2.24) is 10.3 Å². The number of hydrogen-bond donors (Lipinski definition) is 2. The van der Waals surface area contributed by atoms with Crippen molar-refractivity contribution < 1.29 is 9.84 Å². The van der Waals surface area contributed by atoms with Gasteiger partial charge in [0.15, 0.2) is 0 Å². The van der Waals surface area contributed by atoms with Gasteiger partial charge in [-0.2, -0.15) is 0 Å². The molecule has 0 aliphatic heterocycles. The predicted molar refractivity (Wildman–Crippen MR) is 97.8 cm³/mol. The maximum atomic E-state index is 10.0. The van der Waals surface area contributed by atoms with Crippen molar-refractivity contribution in [3.8, 4) is 11.1 Å². The first kappa shape index (κ1) is 18.6. The third kappa shape index (κ3) is 6.04. The Morgan fingerprint density at radius 2 is 1.83 bits per heavy atom. The molecule has 24 heavy (non-hydrogen) atoms. The van der Waals surface area contributed by atoms with Crippen molar-refractivity contribution in [2.75, 3.05) is 13.2 Å². The molecule has 2 atom stereocenters. The quantitative estimate of drug-likeness (QED) is 0.816. The average molecular weight is 328 g/mol. The van der Waals surface area contributed by atoms with E-state index in [1.54, 1.807) is 6.20 Å². The largest absolute Gasteiger partial charge is 0.389 e. The number of pyridine rings is 1. The van der Waals surface area contributed by atoms with E-state index in [4.69, 9.17) is 4.74 Å². The lowest BCUT2D eigenvalue weighted by atomic mass is 10.0. The standard InChI is InChI=1S/C20H28N2O2/c1-15(22-13-19(23)14-24-20(2,3)4)16-7-9-17(10-8-16)18-6-5-11-21-12-18/h5-12,15,19,22-23H,13-14H2,1-4H3. The van der Waals surface area contributed by atoms with E-state index in [9.17, 15) is 5.11 Å². The van der Waals surface area contributed by atoms with E-state index < -0.39 is 6.10 Å². The van der Waals surface area contributed by atoms with Gasteiger partial charge in [0, 0.05) is 25.0 Å². The summed E-state index contributed by atoms with van der Waals surface area (Å²) in [7, 11) is 0. The number of benzene rings is 1. The molecule has 0 spiro atoms. The summed E-state index contributed by atoms with van der Waals surface area (Å²) in [6.07, 6.45) is 3.13. The third-order valence-corrected chi connectivity index (χ3v) is 3.77. The molecule has 130 valence electrons. The Hall–Kier alpha value is -1.75. The molecular formula is C20H28N2O2. The van der Waals surface area contributed by atoms with E-state index >= 15 is 0 Å². The summed E-state index contributed by atoms with van der Waals surface area (Å²) in [6.45, 7) is 8.89. The first-order chi connectivity index (χ1) is 11.3. The van der Waals surface area contributed by atoms with Gasteiger partial charge in [-0.3, -0.25) is 4.98 Å². The zero-order chi connectivity index (χ0) is 17.6. The summed E-state index contributed by atoms with van der Waals surface area (Å²) >= 11 is 0. The van der Waals surface area contributed by atoms with Crippen LogP contribution in [0.15, 0.2) is 48.8 Å². The normalized spacial score (nSPS) is 14.4. The molecule has 0 amide bonds. The van der Waals surface area contributed by atoms with E-state index in [-0.39, 0.29) is 11.6 Å². The molecule has 0 saturated carbocycles. The molecule has 2 N–H and O–H groups in total. The number of nitrogens with one attached hydrogen (secondary N) is 1. The first-order valence-electron chi connectivity index (χ1n) is 8.41. The third-order valence-electron chi connectivity index (χ3n) is 3.77. The number of aliphatic hydroxyl groups is 1. The average Bonchev–Trinajstić information content (AvgIpc) is 2.58. The molecule has 0 aliphatic carbocycles. The van der Waals surface area contributed by atoms with Gasteiger partial charge < -0.3 is 15.2 Å². The van der Waals surface area contributed by atoms with Gasteiger partial charge in [-0.15, -0.1) is 0 Å². The number of aliphatic hydroxyl groups excluding tert-OH is 1. The molecule has 4 nitrogen and oxygen atoms in total. The molecule has 0 radical (unpaired) electrons. The number of ether oxygens (including phenoxy) is 1. The van der Waals surface area contributed by atoms with Crippen LogP contribution in [0.3, 0.4) is 0 Å². The molecule has 2 rings (SSSR count). The molecule has 1 aromatic heterocycles. The van der Waals surface area contributed by atoms with Gasteiger partial charge in [0.05, 0.1) is 18.3 Å². The van der Waals surface area contributed by atoms with E-state index in [0.717, 1.165) is 11.1 Å². The van der Waals surface area contributed by atoms with E-state index in [1.165, 1.54) is 5.56 Å². The van der Waals surface area contributed by atoms with Crippen LogP contribution in [0.5, 0.6) is 0 Å². The fraction of sp³-hybridized carbons (Fsp3) is 0.450. The minimum atomic E-state index is -0.513. The van der Waals surface area contributed by atoms with Crippen LogP contribution in [0.25, 0.3) is 11.1 Å². The fourth-order valence-corrected chi connectivity index (χ4v) is 2.33. The van der Waals surface area contributed by atoms with Crippen molar-refractivity contribution in [2.45, 2.75) is 45.4 Å². The van der Waals surface area contributed by atoms with Crippen molar-refractivity contribution >= 4 is 0 Å². The lowest BCUT2D eigenvalue weighted by Crippen LogP contribution is -2.34. The van der Waals surface area contributed by atoms with Crippen LogP contribution in [0.4, 0.5) is 0 Å². The predicted octanol–water partition coefficient (Wildman–Crippen LogP) is 3.58. The summed E-state index contributed by atoms with van der Waals surface area (Å²) in [5.41, 5.74) is 3.22. The van der Waals surface area contributed by atoms with Crippen molar-refractivity contribution in [3.63, 3.8) is 0 Å². The van der Waals surface area contributed by atoms with E-state index in [2.05, 4.69) is 47.6 Å². The van der Waals surface area contributed by atoms with Crippen LogP contribution in [-0.4, -0.2) is 34.9 Å². The van der Waals surface area contributed by atoms with Crippen molar-refractivity contribution in [2.24, 2.45) is 0 Å². The maximum Gasteiger partial charge on any atom is 0.0898 e. The number of aromatic nitrogens is 1. The molecular weight excluding hydrogens is 300 g/mol. The zero-order valence-electron chi connectivity index (χ0n) is 15.0. The Bertz CT molecular complexity index is 606. The molecule has 2 unspecified atom stereocenters. The summed E-state index contributed by atoms with van der Waals surface area (Å²) < 4.78 is 5.60. The first-order valence-corrected chi connectivity index (χ1v) is 8.41. The van der Waals surface area contributed by atoms with Crippen LogP contribution < -0.4 is 5.32 Å². The Balaban J connectivity index is 1.85. The second kappa shape index (κ2) is 8.38. The zero-order valence-corrected chi connectivity index (χ0v) is 15.0. The summed E-state index contributed by atoms with van der Waals surface area (Å²) in [4.78, 5) is 4.15. The lowest BCUT2D eigenvalue weighted by molar-refractivity contribution is -0.0482. The molecule has 0 aliphatic rings. The van der Waals surface area contributed by atoms with Crippen molar-refractivity contribution in [1.29, 1.82) is 0 Å². The molecule has 0 saturated heterocycles. The van der Waals surface area contributed by atoms with Gasteiger partial charge in [0.25, 0.3) is 0 Å². The Morgan fingerprint density at radius 1 is 1.12 bits per heavy atom. The monoisotopic (exact) mass is 328 g/mol. The molecule has 1 aromatic carbocycles. The molecule has 0 bridgehead atoms. The van der Waals surface area contributed by atoms with Crippen molar-refractivity contribution in [3.05, 3.63) is 54.4 Å². The molecule has 2 aromatic rings. The Morgan fingerprint density at radius 3 is 2.42 bits per heavy atom. The topological polar surface area (TPSA) is 54.4 Å². The van der Waals surface area contributed by atoms with Gasteiger partial charge >= 0.3 is 0 Å². The maximum absolute atomic E-state index is 10.0. The van der Waals surface area contributed by atoms with Gasteiger partial charge in [0.1, 0.15) is 0 Å². The van der Waals surface area contributed by atoms with Gasteiger partial charge in [0.2, 0.25) is 0 Å². The summed E-state index contributed by atoms with van der Waals surface area (Å²) in [5.74, 6) is 0. The smallest absolute Gasteiger partial charge is 0.0898 e. The van der Waals surface area contributed by atoms with Gasteiger partial charge in [-0.05, 0) is 50.5 Å². The van der Waals surface area contributed by atoms with Crippen LogP contribution in [-0.2, 0) is 4.74 Å². The number of rotatable bonds is 7. The second-order valence-corrected chi connectivity index (χ2v) is 7.07. The van der Waals surface area contributed by atoms with E-state index in [0.29, 0.717) is 13.2 Å². The molecule has 1 heterocycles. The Labute approximate surface area is 144 Å². The van der Waals surface area contributed by atoms with Crippen LogP contribution in [0.1, 0.15) is 39.3 Å². The van der Waals surface area contributed by atoms with Crippen LogP contribution >= 0.6 is 0 Å². The summed E-state index contributed by atoms with van der Waals surface area (Å²) in [5, 5.41) is 13.4. The minimum absolute atomic E-state index is 0.164. The fourth-order valence-electron chi connectivity index (χ4n) is 2.33. The minimum Gasteiger partial charge on any atom is -0.389 e. The van der Waals surface area contributed by atoms with Crippen LogP contribution in [0, 0.1) is 0 Å². The molecule has 4 heteroatoms. The summed E-state index contributed by atoms with van der Waals surface area (Å²) in [6, 6.07) is 12.6. The highest BCUT2D eigenvalue weighted by Crippen LogP contribution is 2.21.